The van der Waals surface area contributed by atoms with E-state index >= 15 is 0 Å². The molecule has 2 rings (SSSR count). The zero-order valence-electron chi connectivity index (χ0n) is 10.4. The monoisotopic (exact) mass is 310 g/mol. The van der Waals surface area contributed by atoms with E-state index in [0.29, 0.717) is 12.5 Å². The molecule has 2 aromatic rings. The van der Waals surface area contributed by atoms with Crippen LogP contribution < -0.4 is 4.74 Å². The summed E-state index contributed by atoms with van der Waals surface area (Å²) in [6.07, 6.45) is 3.23. The minimum absolute atomic E-state index is 0.399. The first kappa shape index (κ1) is 13.0. The Hall–Kier alpha value is -1.43. The van der Waals surface area contributed by atoms with Crippen LogP contribution in [0.15, 0.2) is 29.3 Å². The Bertz CT molecular complexity index is 495. The summed E-state index contributed by atoms with van der Waals surface area (Å²) in [6.45, 7) is 5.53. The van der Waals surface area contributed by atoms with Crippen molar-refractivity contribution < 1.29 is 4.74 Å². The Balaban J connectivity index is 1.97. The molecule has 0 saturated carbocycles. The number of halogens is 1. The van der Waals surface area contributed by atoms with Crippen LogP contribution in [-0.2, 0) is 13.2 Å². The quantitative estimate of drug-likeness (QED) is 0.797. The van der Waals surface area contributed by atoms with E-state index in [9.17, 15) is 0 Å². The van der Waals surface area contributed by atoms with Crippen molar-refractivity contribution >= 4 is 15.9 Å². The predicted octanol–water partition coefficient (Wildman–Crippen LogP) is 2.67. The molecule has 0 aliphatic rings. The molecular weight excluding hydrogens is 296 g/mol. The van der Waals surface area contributed by atoms with Gasteiger partial charge in [-0.1, -0.05) is 13.8 Å². The van der Waals surface area contributed by atoms with Crippen LogP contribution in [0.3, 0.4) is 0 Å². The Kier molecular flexibility index (Phi) is 4.30. The maximum atomic E-state index is 5.62. The second kappa shape index (κ2) is 5.95. The Morgan fingerprint density at radius 3 is 2.83 bits per heavy atom. The van der Waals surface area contributed by atoms with E-state index in [1.807, 2.05) is 16.8 Å². The number of hydrogen-bond donors (Lipinski definition) is 0. The zero-order valence-corrected chi connectivity index (χ0v) is 12.0. The van der Waals surface area contributed by atoms with Gasteiger partial charge < -0.3 is 4.74 Å². The molecular formula is C12H15BrN4O. The highest BCUT2D eigenvalue weighted by molar-refractivity contribution is 9.10. The smallest absolute Gasteiger partial charge is 0.164 e. The molecule has 96 valence electrons. The third-order valence-electron chi connectivity index (χ3n) is 2.30. The summed E-state index contributed by atoms with van der Waals surface area (Å²) in [5.74, 6) is 2.07. The average Bonchev–Trinajstić information content (AvgIpc) is 2.75. The summed E-state index contributed by atoms with van der Waals surface area (Å²) in [7, 11) is 0. The molecule has 0 N–H and O–H groups in total. The first-order valence-corrected chi connectivity index (χ1v) is 6.55. The Labute approximate surface area is 114 Å². The molecule has 5 nitrogen and oxygen atoms in total. The van der Waals surface area contributed by atoms with Crippen molar-refractivity contribution in [2.24, 2.45) is 5.92 Å². The summed E-state index contributed by atoms with van der Waals surface area (Å²) in [5.41, 5.74) is 0. The fourth-order valence-electron chi connectivity index (χ4n) is 1.49. The van der Waals surface area contributed by atoms with Crippen LogP contribution in [0.1, 0.15) is 19.7 Å². The number of rotatable bonds is 5. The van der Waals surface area contributed by atoms with Crippen LogP contribution in [0.4, 0.5) is 0 Å². The highest BCUT2D eigenvalue weighted by Crippen LogP contribution is 2.14. The molecule has 0 amide bonds. The molecule has 0 aliphatic heterocycles. The van der Waals surface area contributed by atoms with Crippen molar-refractivity contribution in [1.29, 1.82) is 0 Å². The molecule has 6 heteroatoms. The van der Waals surface area contributed by atoms with E-state index in [1.54, 1.807) is 12.5 Å². The molecule has 0 spiro atoms. The van der Waals surface area contributed by atoms with Gasteiger partial charge in [0.25, 0.3) is 0 Å². The third kappa shape index (κ3) is 3.53. The molecule has 0 aliphatic carbocycles. The van der Waals surface area contributed by atoms with Crippen LogP contribution in [0.5, 0.6) is 5.75 Å². The van der Waals surface area contributed by atoms with E-state index in [2.05, 4.69) is 44.8 Å². The largest absolute Gasteiger partial charge is 0.484 e. The zero-order chi connectivity index (χ0) is 13.0. The molecule has 0 aromatic carbocycles. The highest BCUT2D eigenvalue weighted by Gasteiger charge is 2.07. The lowest BCUT2D eigenvalue weighted by molar-refractivity contribution is 0.281. The van der Waals surface area contributed by atoms with Gasteiger partial charge in [0.1, 0.15) is 23.3 Å². The summed E-state index contributed by atoms with van der Waals surface area (Å²) in [5, 5.41) is 4.19. The highest BCUT2D eigenvalue weighted by atomic mass is 79.9. The lowest BCUT2D eigenvalue weighted by atomic mass is 10.2. The minimum Gasteiger partial charge on any atom is -0.484 e. The maximum absolute atomic E-state index is 5.62. The van der Waals surface area contributed by atoms with Crippen LogP contribution in [0, 0.1) is 5.92 Å². The first-order valence-electron chi connectivity index (χ1n) is 5.76. The van der Waals surface area contributed by atoms with Gasteiger partial charge in [-0.05, 0) is 34.0 Å². The first-order chi connectivity index (χ1) is 8.65. The molecule has 0 unspecified atom stereocenters. The van der Waals surface area contributed by atoms with Crippen molar-refractivity contribution in [2.75, 3.05) is 0 Å². The van der Waals surface area contributed by atoms with Crippen molar-refractivity contribution in [1.82, 2.24) is 19.7 Å². The van der Waals surface area contributed by atoms with Gasteiger partial charge in [-0.15, -0.1) is 0 Å². The molecule has 2 heterocycles. The normalized spacial score (nSPS) is 10.9. The van der Waals surface area contributed by atoms with Gasteiger partial charge in [0, 0.05) is 6.54 Å². The second-order valence-electron chi connectivity index (χ2n) is 4.36. The van der Waals surface area contributed by atoms with E-state index < -0.39 is 0 Å². The molecule has 0 atom stereocenters. The van der Waals surface area contributed by atoms with Crippen molar-refractivity contribution in [2.45, 2.75) is 27.0 Å². The van der Waals surface area contributed by atoms with Gasteiger partial charge >= 0.3 is 0 Å². The summed E-state index contributed by atoms with van der Waals surface area (Å²) >= 11 is 3.28. The predicted molar refractivity (Wildman–Crippen MR) is 71.1 cm³/mol. The molecule has 0 fully saturated rings. The van der Waals surface area contributed by atoms with Crippen molar-refractivity contribution in [3.05, 3.63) is 35.1 Å². The molecule has 0 bridgehead atoms. The lowest BCUT2D eigenvalue weighted by Crippen LogP contribution is -2.12. The minimum atomic E-state index is 0.399. The second-order valence-corrected chi connectivity index (χ2v) is 5.17. The van der Waals surface area contributed by atoms with Gasteiger partial charge in [0.15, 0.2) is 5.82 Å². The SMILES string of the molecule is CC(C)Cn1ncnc1COc1ccc(Br)nc1. The van der Waals surface area contributed by atoms with E-state index in [1.165, 1.54) is 0 Å². The fourth-order valence-corrected chi connectivity index (χ4v) is 1.73. The average molecular weight is 311 g/mol. The molecule has 0 radical (unpaired) electrons. The molecule has 0 saturated heterocycles. The lowest BCUT2D eigenvalue weighted by Gasteiger charge is -2.09. The van der Waals surface area contributed by atoms with E-state index in [0.717, 1.165) is 22.7 Å². The van der Waals surface area contributed by atoms with Gasteiger partial charge in [-0.2, -0.15) is 5.10 Å². The van der Waals surface area contributed by atoms with Gasteiger partial charge in [-0.3, -0.25) is 0 Å². The number of aromatic nitrogens is 4. The third-order valence-corrected chi connectivity index (χ3v) is 2.77. The number of nitrogens with zero attached hydrogens (tertiary/aromatic N) is 4. The Morgan fingerprint density at radius 2 is 2.17 bits per heavy atom. The van der Waals surface area contributed by atoms with Crippen molar-refractivity contribution in [3.63, 3.8) is 0 Å². The van der Waals surface area contributed by atoms with Crippen molar-refractivity contribution in [3.8, 4) is 5.75 Å². The van der Waals surface area contributed by atoms with Gasteiger partial charge in [-0.25, -0.2) is 14.6 Å². The van der Waals surface area contributed by atoms with Crippen LogP contribution in [-0.4, -0.2) is 19.7 Å². The molecule has 2 aromatic heterocycles. The molecule has 18 heavy (non-hydrogen) atoms. The van der Waals surface area contributed by atoms with Crippen LogP contribution >= 0.6 is 15.9 Å². The fraction of sp³-hybridized carbons (Fsp3) is 0.417. The topological polar surface area (TPSA) is 52.8 Å². The van der Waals surface area contributed by atoms with E-state index in [-0.39, 0.29) is 0 Å². The summed E-state index contributed by atoms with van der Waals surface area (Å²) in [4.78, 5) is 8.30. The Morgan fingerprint density at radius 1 is 1.33 bits per heavy atom. The standard InChI is InChI=1S/C12H15BrN4O/c1-9(2)6-17-12(15-8-16-17)7-18-10-3-4-11(13)14-5-10/h3-5,8-9H,6-7H2,1-2H3. The van der Waals surface area contributed by atoms with E-state index in [4.69, 9.17) is 4.74 Å². The van der Waals surface area contributed by atoms with Gasteiger partial charge in [0.2, 0.25) is 0 Å². The summed E-state index contributed by atoms with van der Waals surface area (Å²) in [6, 6.07) is 3.70. The van der Waals surface area contributed by atoms with Crippen LogP contribution in [0.2, 0.25) is 0 Å². The van der Waals surface area contributed by atoms with Gasteiger partial charge in [0.05, 0.1) is 6.20 Å². The summed E-state index contributed by atoms with van der Waals surface area (Å²) < 4.78 is 8.28. The number of hydrogen-bond acceptors (Lipinski definition) is 4. The number of pyridine rings is 1. The van der Waals surface area contributed by atoms with Crippen LogP contribution in [0.25, 0.3) is 0 Å². The maximum Gasteiger partial charge on any atom is 0.164 e. The number of ether oxygens (including phenoxy) is 1.